The normalized spacial score (nSPS) is 11.2. The second kappa shape index (κ2) is 13.9. The molecule has 3 aromatic heterocycles. The number of hydrogen-bond donors (Lipinski definition) is 2. The third-order valence-electron chi connectivity index (χ3n) is 7.23. The first-order valence-electron chi connectivity index (χ1n) is 14.8. The summed E-state index contributed by atoms with van der Waals surface area (Å²) < 4.78 is 36.1. The van der Waals surface area contributed by atoms with Gasteiger partial charge < -0.3 is 20.3 Å². The Kier molecular flexibility index (Phi) is 9.37. The van der Waals surface area contributed by atoms with E-state index in [9.17, 15) is 13.6 Å². The summed E-state index contributed by atoms with van der Waals surface area (Å²) >= 11 is 6.51. The molecule has 12 heteroatoms. The van der Waals surface area contributed by atoms with Gasteiger partial charge in [0.25, 0.3) is 5.91 Å². The van der Waals surface area contributed by atoms with Gasteiger partial charge in [0.2, 0.25) is 5.95 Å². The van der Waals surface area contributed by atoms with Gasteiger partial charge in [-0.25, -0.2) is 23.3 Å². The Balaban J connectivity index is 1.28. The Hall–Kier alpha value is -5.39. The Morgan fingerprint density at radius 1 is 0.957 bits per heavy atom. The molecule has 0 aliphatic carbocycles. The van der Waals surface area contributed by atoms with Crippen LogP contribution in [0.5, 0.6) is 5.75 Å². The lowest BCUT2D eigenvalue weighted by Crippen LogP contribution is -2.15. The molecule has 0 aliphatic heterocycles. The molecule has 0 fully saturated rings. The molecule has 2 N–H and O–H groups in total. The first-order chi connectivity index (χ1) is 22.8. The molecule has 3 aromatic carbocycles. The number of ether oxygens (including phenoxy) is 1. The quantitative estimate of drug-likeness (QED) is 0.138. The van der Waals surface area contributed by atoms with Crippen LogP contribution in [0.25, 0.3) is 28.0 Å². The number of carbonyl (C=O) groups is 1. The summed E-state index contributed by atoms with van der Waals surface area (Å²) in [4.78, 5) is 24.1. The fourth-order valence-corrected chi connectivity index (χ4v) is 5.29. The third-order valence-corrected chi connectivity index (χ3v) is 7.53. The molecule has 0 atom stereocenters. The van der Waals surface area contributed by atoms with Crippen molar-refractivity contribution in [3.8, 4) is 28.3 Å². The van der Waals surface area contributed by atoms with Crippen molar-refractivity contribution in [3.63, 3.8) is 0 Å². The molecule has 0 radical (unpaired) electrons. The highest BCUT2D eigenvalue weighted by Gasteiger charge is 2.20. The summed E-state index contributed by atoms with van der Waals surface area (Å²) in [5.74, 6) is -1.86. The number of fused-ring (bicyclic) bond motifs is 1. The van der Waals surface area contributed by atoms with Crippen molar-refractivity contribution in [3.05, 3.63) is 120 Å². The first kappa shape index (κ1) is 31.6. The Morgan fingerprint density at radius 3 is 2.55 bits per heavy atom. The van der Waals surface area contributed by atoms with Crippen LogP contribution in [-0.2, 0) is 0 Å². The number of aromatic nitrogens is 4. The second-order valence-corrected chi connectivity index (χ2v) is 11.3. The fraction of sp³-hybridized carbons (Fsp3) is 0.143. The zero-order valence-corrected chi connectivity index (χ0v) is 26.3. The molecule has 238 valence electrons. The van der Waals surface area contributed by atoms with Crippen LogP contribution in [0, 0.1) is 11.6 Å². The molecule has 0 aliphatic rings. The highest BCUT2D eigenvalue weighted by molar-refractivity contribution is 6.32. The lowest BCUT2D eigenvalue weighted by atomic mass is 10.0. The number of pyridine rings is 1. The number of carbonyl (C=O) groups excluding carboxylic acids is 1. The smallest absolute Gasteiger partial charge is 0.261 e. The zero-order valence-electron chi connectivity index (χ0n) is 25.5. The maximum atomic E-state index is 14.2. The number of hydrogen-bond acceptors (Lipinski definition) is 7. The summed E-state index contributed by atoms with van der Waals surface area (Å²) in [6.45, 7) is 1.47. The lowest BCUT2D eigenvalue weighted by molar-refractivity contribution is 0.101. The fourth-order valence-electron chi connectivity index (χ4n) is 5.05. The van der Waals surface area contributed by atoms with Crippen LogP contribution in [0.4, 0.5) is 26.1 Å². The summed E-state index contributed by atoms with van der Waals surface area (Å²) in [5.41, 5.74) is 3.69. The molecular formula is C35H30ClF2N7O2. The van der Waals surface area contributed by atoms with Crippen LogP contribution in [0.3, 0.4) is 0 Å². The predicted molar refractivity (Wildman–Crippen MR) is 179 cm³/mol. The Labute approximate surface area is 274 Å². The van der Waals surface area contributed by atoms with Crippen LogP contribution >= 0.6 is 11.6 Å². The number of anilines is 3. The van der Waals surface area contributed by atoms with Crippen LogP contribution < -0.4 is 15.4 Å². The van der Waals surface area contributed by atoms with Crippen molar-refractivity contribution in [1.82, 2.24) is 24.5 Å². The SMILES string of the molecule is CN(C)CCCOc1ccc(Nc2nccc(-c3c(-c4cccc(NC(=O)c5c(F)cccc5F)c4)nn4ccccc34)n2)cc1Cl. The topological polar surface area (TPSA) is 96.7 Å². The van der Waals surface area contributed by atoms with Gasteiger partial charge in [-0.15, -0.1) is 0 Å². The molecule has 0 spiro atoms. The molecular weight excluding hydrogens is 624 g/mol. The maximum Gasteiger partial charge on any atom is 0.261 e. The van der Waals surface area contributed by atoms with Crippen molar-refractivity contribution >= 4 is 40.3 Å². The van der Waals surface area contributed by atoms with E-state index in [1.807, 2.05) is 50.6 Å². The van der Waals surface area contributed by atoms with Gasteiger partial charge in [-0.05, 0) is 81.2 Å². The van der Waals surface area contributed by atoms with E-state index < -0.39 is 23.1 Å². The summed E-state index contributed by atoms with van der Waals surface area (Å²) in [6, 6.07) is 23.0. The minimum atomic E-state index is -0.948. The van der Waals surface area contributed by atoms with E-state index in [1.54, 1.807) is 47.1 Å². The molecule has 0 saturated heterocycles. The van der Waals surface area contributed by atoms with E-state index in [0.29, 0.717) is 51.7 Å². The summed E-state index contributed by atoms with van der Waals surface area (Å²) in [7, 11) is 4.03. The molecule has 6 aromatic rings. The van der Waals surface area contributed by atoms with Gasteiger partial charge in [-0.2, -0.15) is 5.10 Å². The monoisotopic (exact) mass is 653 g/mol. The Morgan fingerprint density at radius 2 is 1.77 bits per heavy atom. The van der Waals surface area contributed by atoms with Crippen molar-refractivity contribution < 1.29 is 18.3 Å². The number of nitrogens with one attached hydrogen (secondary N) is 2. The molecule has 0 bridgehead atoms. The number of rotatable bonds is 11. The molecule has 9 nitrogen and oxygen atoms in total. The van der Waals surface area contributed by atoms with Gasteiger partial charge in [0.15, 0.2) is 0 Å². The van der Waals surface area contributed by atoms with Crippen molar-refractivity contribution in [1.29, 1.82) is 0 Å². The second-order valence-electron chi connectivity index (χ2n) is 10.9. The molecule has 1 amide bonds. The van der Waals surface area contributed by atoms with E-state index in [2.05, 4.69) is 20.5 Å². The van der Waals surface area contributed by atoms with Crippen molar-refractivity contribution in [2.45, 2.75) is 6.42 Å². The van der Waals surface area contributed by atoms with Gasteiger partial charge >= 0.3 is 0 Å². The number of benzene rings is 3. The molecule has 3 heterocycles. The molecule has 47 heavy (non-hydrogen) atoms. The third kappa shape index (κ3) is 7.21. The molecule has 6 rings (SSSR count). The zero-order chi connectivity index (χ0) is 32.9. The average Bonchev–Trinajstić information content (AvgIpc) is 3.44. The standard InChI is InChI=1S/C35H30ClF2N7O2/c1-44(2)17-7-19-47-30-14-13-24(21-25(30)36)41-35-39-16-15-28(42-35)32-29-12-3-4-18-45(29)43-33(32)22-8-5-9-23(20-22)40-34(46)31-26(37)10-6-11-27(31)38/h3-6,8-16,18,20-21H,7,17,19H2,1-2H3,(H,40,46)(H,39,41,42). The van der Waals surface area contributed by atoms with Crippen LogP contribution in [0.1, 0.15) is 16.8 Å². The maximum absolute atomic E-state index is 14.2. The Bertz CT molecular complexity index is 2050. The van der Waals surface area contributed by atoms with Crippen molar-refractivity contribution in [2.75, 3.05) is 37.9 Å². The average molecular weight is 654 g/mol. The van der Waals surface area contributed by atoms with E-state index >= 15 is 0 Å². The van der Waals surface area contributed by atoms with Crippen LogP contribution in [0.15, 0.2) is 97.3 Å². The van der Waals surface area contributed by atoms with E-state index in [4.69, 9.17) is 26.4 Å². The first-order valence-corrected chi connectivity index (χ1v) is 15.2. The number of nitrogens with zero attached hydrogens (tertiary/aromatic N) is 5. The number of halogens is 3. The van der Waals surface area contributed by atoms with Gasteiger partial charge in [0.1, 0.15) is 28.6 Å². The van der Waals surface area contributed by atoms with Gasteiger partial charge in [0, 0.05) is 35.9 Å². The van der Waals surface area contributed by atoms with Gasteiger partial charge in [-0.3, -0.25) is 4.79 Å². The lowest BCUT2D eigenvalue weighted by Gasteiger charge is -2.12. The van der Waals surface area contributed by atoms with E-state index in [0.717, 1.165) is 36.2 Å². The van der Waals surface area contributed by atoms with Gasteiger partial charge in [-0.1, -0.05) is 35.9 Å². The minimum absolute atomic E-state index is 0.338. The molecule has 0 saturated carbocycles. The highest BCUT2D eigenvalue weighted by atomic mass is 35.5. The van der Waals surface area contributed by atoms with Gasteiger partial charge in [0.05, 0.1) is 28.4 Å². The minimum Gasteiger partial charge on any atom is -0.492 e. The van der Waals surface area contributed by atoms with E-state index in [-0.39, 0.29) is 0 Å². The largest absolute Gasteiger partial charge is 0.492 e. The molecule has 0 unspecified atom stereocenters. The van der Waals surface area contributed by atoms with Crippen LogP contribution in [0.2, 0.25) is 5.02 Å². The number of amides is 1. The van der Waals surface area contributed by atoms with E-state index in [1.165, 1.54) is 6.07 Å². The predicted octanol–water partition coefficient (Wildman–Crippen LogP) is 7.72. The van der Waals surface area contributed by atoms with Crippen molar-refractivity contribution in [2.24, 2.45) is 0 Å². The summed E-state index contributed by atoms with van der Waals surface area (Å²) in [6.07, 6.45) is 4.34. The van der Waals surface area contributed by atoms with Crippen LogP contribution in [-0.4, -0.2) is 57.6 Å². The highest BCUT2D eigenvalue weighted by Crippen LogP contribution is 2.36. The summed E-state index contributed by atoms with van der Waals surface area (Å²) in [5, 5.41) is 11.1.